The van der Waals surface area contributed by atoms with Crippen molar-refractivity contribution in [2.24, 2.45) is 0 Å². The maximum Gasteiger partial charge on any atom is 0.131 e. The van der Waals surface area contributed by atoms with E-state index in [9.17, 15) is 5.11 Å². The van der Waals surface area contributed by atoms with Crippen molar-refractivity contribution in [3.05, 3.63) is 23.9 Å². The van der Waals surface area contributed by atoms with E-state index in [-0.39, 0.29) is 6.10 Å². The zero-order valence-corrected chi connectivity index (χ0v) is 9.07. The fourth-order valence-electron chi connectivity index (χ4n) is 1.39. The number of hydrogen-bond donors (Lipinski definition) is 1. The van der Waals surface area contributed by atoms with Gasteiger partial charge in [-0.3, -0.25) is 0 Å². The van der Waals surface area contributed by atoms with Gasteiger partial charge in [-0.25, -0.2) is 4.98 Å². The summed E-state index contributed by atoms with van der Waals surface area (Å²) in [7, 11) is 3.96. The monoisotopic (exact) mass is 194 g/mol. The smallest absolute Gasteiger partial charge is 0.131 e. The van der Waals surface area contributed by atoms with Crippen molar-refractivity contribution in [3.8, 4) is 0 Å². The summed E-state index contributed by atoms with van der Waals surface area (Å²) in [5.41, 5.74) is 1.19. The summed E-state index contributed by atoms with van der Waals surface area (Å²) in [4.78, 5) is 6.30. The molecule has 0 fully saturated rings. The van der Waals surface area contributed by atoms with E-state index in [4.69, 9.17) is 0 Å². The molecule has 3 heteroatoms. The zero-order chi connectivity index (χ0) is 10.6. The SMILES string of the molecule is C[C@@H](O)CCc1cccnc1N(C)C. The van der Waals surface area contributed by atoms with Crippen molar-refractivity contribution < 1.29 is 5.11 Å². The van der Waals surface area contributed by atoms with Gasteiger partial charge in [-0.05, 0) is 31.4 Å². The highest BCUT2D eigenvalue weighted by atomic mass is 16.3. The number of aryl methyl sites for hydroxylation is 1. The number of hydrogen-bond acceptors (Lipinski definition) is 3. The summed E-state index contributed by atoms with van der Waals surface area (Å²) in [6.07, 6.45) is 3.21. The van der Waals surface area contributed by atoms with Crippen molar-refractivity contribution >= 4 is 5.82 Å². The molecule has 1 atom stereocenters. The van der Waals surface area contributed by atoms with Crippen LogP contribution in [-0.2, 0) is 6.42 Å². The maximum atomic E-state index is 9.21. The van der Waals surface area contributed by atoms with E-state index in [0.717, 1.165) is 18.7 Å². The van der Waals surface area contributed by atoms with Crippen LogP contribution in [0.2, 0.25) is 0 Å². The van der Waals surface area contributed by atoms with Crippen LogP contribution in [0.3, 0.4) is 0 Å². The Labute approximate surface area is 85.4 Å². The van der Waals surface area contributed by atoms with Crippen molar-refractivity contribution in [1.82, 2.24) is 4.98 Å². The Bertz CT molecular complexity index is 284. The Morgan fingerprint density at radius 3 is 2.79 bits per heavy atom. The highest BCUT2D eigenvalue weighted by molar-refractivity contribution is 5.45. The van der Waals surface area contributed by atoms with Gasteiger partial charge in [0, 0.05) is 20.3 Å². The van der Waals surface area contributed by atoms with Crippen LogP contribution in [0.4, 0.5) is 5.82 Å². The number of aliphatic hydroxyl groups excluding tert-OH is 1. The molecule has 14 heavy (non-hydrogen) atoms. The second-order valence-electron chi connectivity index (χ2n) is 3.77. The van der Waals surface area contributed by atoms with E-state index < -0.39 is 0 Å². The Kier molecular flexibility index (Phi) is 3.89. The van der Waals surface area contributed by atoms with Crippen LogP contribution in [0.5, 0.6) is 0 Å². The minimum Gasteiger partial charge on any atom is -0.393 e. The van der Waals surface area contributed by atoms with Gasteiger partial charge in [0.15, 0.2) is 0 Å². The zero-order valence-electron chi connectivity index (χ0n) is 9.07. The first-order valence-electron chi connectivity index (χ1n) is 4.90. The van der Waals surface area contributed by atoms with Crippen LogP contribution >= 0.6 is 0 Å². The van der Waals surface area contributed by atoms with Crippen molar-refractivity contribution in [2.45, 2.75) is 25.9 Å². The summed E-state index contributed by atoms with van der Waals surface area (Å²) in [6.45, 7) is 1.81. The highest BCUT2D eigenvalue weighted by Crippen LogP contribution is 2.16. The molecular formula is C11H18N2O. The van der Waals surface area contributed by atoms with Crippen LogP contribution in [0, 0.1) is 0 Å². The molecule has 0 aliphatic rings. The molecule has 78 valence electrons. The quantitative estimate of drug-likeness (QED) is 0.788. The van der Waals surface area contributed by atoms with E-state index in [1.807, 2.05) is 32.0 Å². The molecule has 1 heterocycles. The molecule has 1 aromatic heterocycles. The molecule has 0 aliphatic heterocycles. The molecular weight excluding hydrogens is 176 g/mol. The summed E-state index contributed by atoms with van der Waals surface area (Å²) < 4.78 is 0. The maximum absolute atomic E-state index is 9.21. The number of anilines is 1. The number of aliphatic hydroxyl groups is 1. The van der Waals surface area contributed by atoms with E-state index in [0.29, 0.717) is 0 Å². The number of aromatic nitrogens is 1. The van der Waals surface area contributed by atoms with Crippen LogP contribution in [0.15, 0.2) is 18.3 Å². The largest absolute Gasteiger partial charge is 0.393 e. The summed E-state index contributed by atoms with van der Waals surface area (Å²) in [6, 6.07) is 4.00. The second kappa shape index (κ2) is 4.96. The van der Waals surface area contributed by atoms with Crippen LogP contribution in [0.1, 0.15) is 18.9 Å². The van der Waals surface area contributed by atoms with Gasteiger partial charge in [0.25, 0.3) is 0 Å². The van der Waals surface area contributed by atoms with Crippen LogP contribution in [0.25, 0.3) is 0 Å². The molecule has 0 aromatic carbocycles. The highest BCUT2D eigenvalue weighted by Gasteiger charge is 2.05. The lowest BCUT2D eigenvalue weighted by atomic mass is 10.1. The lowest BCUT2D eigenvalue weighted by Crippen LogP contribution is -2.14. The molecule has 0 saturated carbocycles. The van der Waals surface area contributed by atoms with E-state index in [1.165, 1.54) is 5.56 Å². The molecule has 0 radical (unpaired) electrons. The number of nitrogens with zero attached hydrogens (tertiary/aromatic N) is 2. The minimum atomic E-state index is -0.245. The molecule has 1 rings (SSSR count). The third-order valence-electron chi connectivity index (χ3n) is 2.12. The molecule has 1 N–H and O–H groups in total. The number of rotatable bonds is 4. The van der Waals surface area contributed by atoms with E-state index >= 15 is 0 Å². The van der Waals surface area contributed by atoms with Gasteiger partial charge in [-0.2, -0.15) is 0 Å². The first-order chi connectivity index (χ1) is 6.61. The first-order valence-corrected chi connectivity index (χ1v) is 4.90. The molecule has 0 bridgehead atoms. The Morgan fingerprint density at radius 1 is 1.50 bits per heavy atom. The minimum absolute atomic E-state index is 0.245. The fourth-order valence-corrected chi connectivity index (χ4v) is 1.39. The molecule has 1 aromatic rings. The van der Waals surface area contributed by atoms with Gasteiger partial charge >= 0.3 is 0 Å². The molecule has 0 spiro atoms. The van der Waals surface area contributed by atoms with Gasteiger partial charge in [0.1, 0.15) is 5.82 Å². The van der Waals surface area contributed by atoms with Crippen LogP contribution < -0.4 is 4.90 Å². The molecule has 0 aliphatic carbocycles. The third kappa shape index (κ3) is 3.00. The average Bonchev–Trinajstić information content (AvgIpc) is 2.15. The molecule has 0 unspecified atom stereocenters. The summed E-state index contributed by atoms with van der Waals surface area (Å²) in [5, 5.41) is 9.21. The summed E-state index contributed by atoms with van der Waals surface area (Å²) >= 11 is 0. The average molecular weight is 194 g/mol. The second-order valence-corrected chi connectivity index (χ2v) is 3.77. The van der Waals surface area contributed by atoms with E-state index in [1.54, 1.807) is 6.20 Å². The normalized spacial score (nSPS) is 12.6. The lowest BCUT2D eigenvalue weighted by Gasteiger charge is -2.16. The first kappa shape index (κ1) is 11.0. The molecule has 3 nitrogen and oxygen atoms in total. The van der Waals surface area contributed by atoms with Gasteiger partial charge < -0.3 is 10.0 Å². The van der Waals surface area contributed by atoms with Gasteiger partial charge in [-0.1, -0.05) is 6.07 Å². The molecule has 0 saturated heterocycles. The Morgan fingerprint density at radius 2 is 2.21 bits per heavy atom. The predicted octanol–water partition coefficient (Wildman–Crippen LogP) is 1.46. The summed E-state index contributed by atoms with van der Waals surface area (Å²) in [5.74, 6) is 0.994. The van der Waals surface area contributed by atoms with Crippen molar-refractivity contribution in [1.29, 1.82) is 0 Å². The van der Waals surface area contributed by atoms with Crippen LogP contribution in [-0.4, -0.2) is 30.3 Å². The van der Waals surface area contributed by atoms with Crippen molar-refractivity contribution in [2.75, 3.05) is 19.0 Å². The lowest BCUT2D eigenvalue weighted by molar-refractivity contribution is 0.185. The van der Waals surface area contributed by atoms with Gasteiger partial charge in [0.05, 0.1) is 6.10 Å². The molecule has 0 amide bonds. The fraction of sp³-hybridized carbons (Fsp3) is 0.545. The van der Waals surface area contributed by atoms with Gasteiger partial charge in [-0.15, -0.1) is 0 Å². The van der Waals surface area contributed by atoms with Gasteiger partial charge in [0.2, 0.25) is 0 Å². The third-order valence-corrected chi connectivity index (χ3v) is 2.12. The van der Waals surface area contributed by atoms with Crippen molar-refractivity contribution in [3.63, 3.8) is 0 Å². The topological polar surface area (TPSA) is 36.4 Å². The standard InChI is InChI=1S/C11H18N2O/c1-9(14)6-7-10-5-4-8-12-11(10)13(2)3/h4-5,8-9,14H,6-7H2,1-3H3/t9-/m1/s1. The predicted molar refractivity (Wildman–Crippen MR) is 58.6 cm³/mol. The Hall–Kier alpha value is -1.09. The number of pyridine rings is 1. The van der Waals surface area contributed by atoms with E-state index in [2.05, 4.69) is 11.1 Å². The Balaban J connectivity index is 2.74.